The Hall–Kier alpha value is -0.320. The van der Waals surface area contributed by atoms with Gasteiger partial charge in [-0.05, 0) is 43.5 Å². The smallest absolute Gasteiger partial charge is 0.233 e. The van der Waals surface area contributed by atoms with E-state index in [-0.39, 0.29) is 11.2 Å². The Bertz CT molecular complexity index is 474. The van der Waals surface area contributed by atoms with Gasteiger partial charge in [0.1, 0.15) is 0 Å². The average molecular weight is 372 g/mol. The molecule has 1 amide bonds. The van der Waals surface area contributed by atoms with Crippen molar-refractivity contribution in [2.75, 3.05) is 12.3 Å². The lowest BCUT2D eigenvalue weighted by Gasteiger charge is -2.21. The van der Waals surface area contributed by atoms with Crippen molar-refractivity contribution in [1.82, 2.24) is 5.32 Å². The van der Waals surface area contributed by atoms with Crippen molar-refractivity contribution in [2.45, 2.75) is 60.8 Å². The summed E-state index contributed by atoms with van der Waals surface area (Å²) in [5.74, 6) is 1.18. The van der Waals surface area contributed by atoms with Crippen LogP contribution in [0.5, 0.6) is 0 Å². The number of nitrogens with one attached hydrogen (secondary N) is 1. The Morgan fingerprint density at radius 1 is 1.26 bits per heavy atom. The van der Waals surface area contributed by atoms with E-state index in [0.717, 1.165) is 33.9 Å². The second-order valence-corrected chi connectivity index (χ2v) is 9.01. The molecule has 1 unspecified atom stereocenters. The van der Waals surface area contributed by atoms with E-state index in [0.29, 0.717) is 0 Å². The lowest BCUT2D eigenvalue weighted by molar-refractivity contribution is -0.120. The van der Waals surface area contributed by atoms with E-state index in [2.05, 4.69) is 12.2 Å². The van der Waals surface area contributed by atoms with Crippen molar-refractivity contribution in [3.63, 3.8) is 0 Å². The molecule has 1 N–H and O–H groups in total. The summed E-state index contributed by atoms with van der Waals surface area (Å²) >= 11 is 9.54. The minimum atomic E-state index is -0.0316. The maximum atomic E-state index is 12.3. The second-order valence-electron chi connectivity index (χ2n) is 5.89. The first-order chi connectivity index (χ1) is 11.2. The molecule has 0 aromatic heterocycles. The number of thioether (sulfide) groups is 2. The average Bonchev–Trinajstić information content (AvgIpc) is 2.59. The first-order valence-electron chi connectivity index (χ1n) is 8.50. The van der Waals surface area contributed by atoms with Gasteiger partial charge in [0.25, 0.3) is 0 Å². The predicted octanol–water partition coefficient (Wildman–Crippen LogP) is 5.39. The number of halogens is 1. The molecule has 0 aliphatic heterocycles. The summed E-state index contributed by atoms with van der Waals surface area (Å²) in [6, 6.07) is 7.69. The summed E-state index contributed by atoms with van der Waals surface area (Å²) < 4.78 is 0. The zero-order valence-electron chi connectivity index (χ0n) is 13.7. The lowest BCUT2D eigenvalue weighted by atomic mass is 10.0. The van der Waals surface area contributed by atoms with Crippen LogP contribution < -0.4 is 5.32 Å². The lowest BCUT2D eigenvalue weighted by Crippen LogP contribution is -2.34. The molecule has 1 aliphatic carbocycles. The summed E-state index contributed by atoms with van der Waals surface area (Å²) in [7, 11) is 0. The van der Waals surface area contributed by atoms with Gasteiger partial charge in [-0.2, -0.15) is 11.8 Å². The molecule has 2 rings (SSSR count). The van der Waals surface area contributed by atoms with Crippen molar-refractivity contribution in [3.8, 4) is 0 Å². The van der Waals surface area contributed by atoms with E-state index in [1.54, 1.807) is 11.8 Å². The third-order valence-corrected chi connectivity index (χ3v) is 7.07. The quantitative estimate of drug-likeness (QED) is 0.490. The van der Waals surface area contributed by atoms with Crippen LogP contribution in [-0.4, -0.2) is 28.7 Å². The van der Waals surface area contributed by atoms with Gasteiger partial charge in [0.05, 0.1) is 5.25 Å². The maximum absolute atomic E-state index is 12.3. The summed E-state index contributed by atoms with van der Waals surface area (Å²) in [6.45, 7) is 2.83. The number of carbonyl (C=O) groups excluding carboxylic acids is 1. The van der Waals surface area contributed by atoms with Gasteiger partial charge in [0.15, 0.2) is 0 Å². The highest BCUT2D eigenvalue weighted by Crippen LogP contribution is 2.28. The number of benzene rings is 1. The van der Waals surface area contributed by atoms with Crippen LogP contribution in [0.25, 0.3) is 0 Å². The molecule has 1 aliphatic rings. The Morgan fingerprint density at radius 2 is 1.96 bits per heavy atom. The number of hydrogen-bond donors (Lipinski definition) is 1. The maximum Gasteiger partial charge on any atom is 0.233 e. The minimum absolute atomic E-state index is 0.0316. The standard InChI is InChI=1S/C18H26ClNOS2/c1-2-17(23-16-10-8-14(19)9-11-16)18(21)20-12-13-22-15-6-4-3-5-7-15/h8-11,15,17H,2-7,12-13H2,1H3,(H,20,21). The molecule has 0 saturated heterocycles. The minimum Gasteiger partial charge on any atom is -0.354 e. The third kappa shape index (κ3) is 6.98. The van der Waals surface area contributed by atoms with Crippen LogP contribution in [0.3, 0.4) is 0 Å². The molecular formula is C18H26ClNOS2. The Kier molecular flexibility index (Phi) is 8.70. The van der Waals surface area contributed by atoms with Crippen molar-refractivity contribution in [3.05, 3.63) is 29.3 Å². The Balaban J connectivity index is 1.68. The van der Waals surface area contributed by atoms with Gasteiger partial charge in [0.2, 0.25) is 5.91 Å². The number of carbonyl (C=O) groups is 1. The van der Waals surface area contributed by atoms with Gasteiger partial charge < -0.3 is 5.32 Å². The number of rotatable bonds is 8. The predicted molar refractivity (Wildman–Crippen MR) is 104 cm³/mol. The van der Waals surface area contributed by atoms with Crippen LogP contribution in [0.15, 0.2) is 29.2 Å². The van der Waals surface area contributed by atoms with Crippen molar-refractivity contribution in [1.29, 1.82) is 0 Å². The molecular weight excluding hydrogens is 346 g/mol. The van der Waals surface area contributed by atoms with E-state index in [4.69, 9.17) is 11.6 Å². The molecule has 0 bridgehead atoms. The first-order valence-corrected chi connectivity index (χ1v) is 10.8. The normalized spacial score (nSPS) is 17.0. The van der Waals surface area contributed by atoms with Crippen LogP contribution in [0.4, 0.5) is 0 Å². The van der Waals surface area contributed by atoms with E-state index in [1.807, 2.05) is 36.0 Å². The monoisotopic (exact) mass is 371 g/mol. The molecule has 1 saturated carbocycles. The zero-order chi connectivity index (χ0) is 16.5. The summed E-state index contributed by atoms with van der Waals surface area (Å²) in [5, 5.41) is 4.61. The summed E-state index contributed by atoms with van der Waals surface area (Å²) in [6.07, 6.45) is 7.67. The molecule has 1 aromatic carbocycles. The van der Waals surface area contributed by atoms with E-state index in [9.17, 15) is 4.79 Å². The third-order valence-electron chi connectivity index (χ3n) is 4.06. The van der Waals surface area contributed by atoms with Crippen LogP contribution in [-0.2, 0) is 4.79 Å². The van der Waals surface area contributed by atoms with Crippen LogP contribution >= 0.6 is 35.1 Å². The summed E-state index contributed by atoms with van der Waals surface area (Å²) in [5.41, 5.74) is 0. The molecule has 5 heteroatoms. The largest absolute Gasteiger partial charge is 0.354 e. The molecule has 1 atom stereocenters. The van der Waals surface area contributed by atoms with Gasteiger partial charge in [-0.15, -0.1) is 11.8 Å². The molecule has 1 fully saturated rings. The molecule has 0 radical (unpaired) electrons. The SMILES string of the molecule is CCC(Sc1ccc(Cl)cc1)C(=O)NCCSC1CCCCC1. The fraction of sp³-hybridized carbons (Fsp3) is 0.611. The molecule has 2 nitrogen and oxygen atoms in total. The molecule has 128 valence electrons. The second kappa shape index (κ2) is 10.5. The van der Waals surface area contributed by atoms with E-state index < -0.39 is 0 Å². The Morgan fingerprint density at radius 3 is 2.61 bits per heavy atom. The van der Waals surface area contributed by atoms with E-state index in [1.165, 1.54) is 32.1 Å². The van der Waals surface area contributed by atoms with Crippen LogP contribution in [0, 0.1) is 0 Å². The van der Waals surface area contributed by atoms with Gasteiger partial charge in [-0.3, -0.25) is 4.79 Å². The van der Waals surface area contributed by atoms with E-state index >= 15 is 0 Å². The molecule has 0 spiro atoms. The summed E-state index contributed by atoms with van der Waals surface area (Å²) in [4.78, 5) is 13.4. The van der Waals surface area contributed by atoms with Gasteiger partial charge in [0, 0.05) is 27.5 Å². The van der Waals surface area contributed by atoms with Gasteiger partial charge in [-0.1, -0.05) is 37.8 Å². The highest BCUT2D eigenvalue weighted by molar-refractivity contribution is 8.00. The first kappa shape index (κ1) is 19.0. The van der Waals surface area contributed by atoms with Crippen LogP contribution in [0.1, 0.15) is 45.4 Å². The highest BCUT2D eigenvalue weighted by atomic mass is 35.5. The van der Waals surface area contributed by atoms with Crippen molar-refractivity contribution in [2.24, 2.45) is 0 Å². The zero-order valence-corrected chi connectivity index (χ0v) is 16.1. The van der Waals surface area contributed by atoms with Crippen molar-refractivity contribution >= 4 is 41.0 Å². The van der Waals surface area contributed by atoms with Crippen molar-refractivity contribution < 1.29 is 4.79 Å². The molecule has 1 aromatic rings. The van der Waals surface area contributed by atoms with Gasteiger partial charge >= 0.3 is 0 Å². The molecule has 23 heavy (non-hydrogen) atoms. The van der Waals surface area contributed by atoms with Gasteiger partial charge in [-0.25, -0.2) is 0 Å². The molecule has 0 heterocycles. The fourth-order valence-electron chi connectivity index (χ4n) is 2.75. The fourth-order valence-corrected chi connectivity index (χ4v) is 5.07. The Labute approximate surface area is 153 Å². The number of hydrogen-bond acceptors (Lipinski definition) is 3. The number of amides is 1. The highest BCUT2D eigenvalue weighted by Gasteiger charge is 2.18. The topological polar surface area (TPSA) is 29.1 Å². The van der Waals surface area contributed by atoms with Crippen LogP contribution in [0.2, 0.25) is 5.02 Å².